The predicted octanol–water partition coefficient (Wildman–Crippen LogP) is 3.04. The molecular formula is C14H17Cl2NO3. The molecule has 2 rings (SSSR count). The highest BCUT2D eigenvalue weighted by atomic mass is 35.5. The van der Waals surface area contributed by atoms with E-state index in [1.165, 1.54) is 19.2 Å². The van der Waals surface area contributed by atoms with E-state index in [1.54, 1.807) is 0 Å². The van der Waals surface area contributed by atoms with E-state index < -0.39 is 5.54 Å². The number of ether oxygens (including phenoxy) is 1. The molecule has 0 aromatic heterocycles. The van der Waals surface area contributed by atoms with E-state index in [2.05, 4.69) is 5.32 Å². The van der Waals surface area contributed by atoms with Crippen LogP contribution in [0.2, 0.25) is 10.0 Å². The van der Waals surface area contributed by atoms with Crippen LogP contribution in [0, 0.1) is 0 Å². The molecule has 0 aliphatic heterocycles. The van der Waals surface area contributed by atoms with E-state index in [-0.39, 0.29) is 22.6 Å². The molecule has 1 fully saturated rings. The van der Waals surface area contributed by atoms with Crippen molar-refractivity contribution in [1.82, 2.24) is 5.32 Å². The minimum Gasteiger partial charge on any atom is -0.494 e. The Morgan fingerprint density at radius 2 is 1.90 bits per heavy atom. The number of carbonyl (C=O) groups excluding carboxylic acids is 1. The van der Waals surface area contributed by atoms with Gasteiger partial charge >= 0.3 is 0 Å². The van der Waals surface area contributed by atoms with Crippen LogP contribution in [-0.4, -0.2) is 30.3 Å². The number of amides is 1. The summed E-state index contributed by atoms with van der Waals surface area (Å²) in [6.07, 6.45) is 3.58. The summed E-state index contributed by atoms with van der Waals surface area (Å²) in [6, 6.07) is 3.03. The first-order valence-electron chi connectivity index (χ1n) is 6.48. The number of carbonyl (C=O) groups is 1. The summed E-state index contributed by atoms with van der Waals surface area (Å²) < 4.78 is 5.05. The molecule has 4 nitrogen and oxygen atoms in total. The lowest BCUT2D eigenvalue weighted by Gasteiger charge is -2.28. The first-order valence-corrected chi connectivity index (χ1v) is 7.23. The Balaban J connectivity index is 2.21. The van der Waals surface area contributed by atoms with Crippen molar-refractivity contribution < 1.29 is 14.6 Å². The van der Waals surface area contributed by atoms with Gasteiger partial charge in [-0.25, -0.2) is 0 Å². The molecule has 2 N–H and O–H groups in total. The van der Waals surface area contributed by atoms with Gasteiger partial charge in [-0.2, -0.15) is 0 Å². The Labute approximate surface area is 128 Å². The van der Waals surface area contributed by atoms with Crippen LogP contribution in [0.4, 0.5) is 0 Å². The molecule has 6 heteroatoms. The third-order valence-corrected chi connectivity index (χ3v) is 4.27. The van der Waals surface area contributed by atoms with E-state index in [0.717, 1.165) is 25.7 Å². The summed E-state index contributed by atoms with van der Waals surface area (Å²) in [4.78, 5) is 12.3. The number of nitrogens with one attached hydrogen (secondary N) is 1. The monoisotopic (exact) mass is 317 g/mol. The van der Waals surface area contributed by atoms with E-state index in [1.807, 2.05) is 0 Å². The first-order chi connectivity index (χ1) is 9.51. The van der Waals surface area contributed by atoms with Gasteiger partial charge in [-0.15, -0.1) is 0 Å². The Morgan fingerprint density at radius 3 is 2.35 bits per heavy atom. The number of aliphatic hydroxyl groups is 1. The maximum atomic E-state index is 12.3. The summed E-state index contributed by atoms with van der Waals surface area (Å²) in [6.45, 7) is -0.0592. The van der Waals surface area contributed by atoms with E-state index in [9.17, 15) is 9.90 Å². The van der Waals surface area contributed by atoms with Crippen molar-refractivity contribution in [2.75, 3.05) is 13.7 Å². The van der Waals surface area contributed by atoms with Crippen LogP contribution in [0.3, 0.4) is 0 Å². The Morgan fingerprint density at radius 1 is 1.35 bits per heavy atom. The zero-order valence-corrected chi connectivity index (χ0v) is 12.7. The van der Waals surface area contributed by atoms with Crippen molar-refractivity contribution in [3.8, 4) is 5.75 Å². The summed E-state index contributed by atoms with van der Waals surface area (Å²) in [5.41, 5.74) is -0.156. The SMILES string of the molecule is COc1c(Cl)cc(C(=O)NC2(CO)CCCC2)cc1Cl. The number of hydrogen-bond donors (Lipinski definition) is 2. The van der Waals surface area contributed by atoms with E-state index >= 15 is 0 Å². The zero-order chi connectivity index (χ0) is 14.8. The number of halogens is 2. The third-order valence-electron chi connectivity index (χ3n) is 3.71. The van der Waals surface area contributed by atoms with Crippen LogP contribution in [0.5, 0.6) is 5.75 Å². The fourth-order valence-corrected chi connectivity index (χ4v) is 3.21. The molecule has 0 heterocycles. The highest BCUT2D eigenvalue weighted by Crippen LogP contribution is 2.34. The van der Waals surface area contributed by atoms with Crippen molar-refractivity contribution in [1.29, 1.82) is 0 Å². The summed E-state index contributed by atoms with van der Waals surface area (Å²) in [5.74, 6) is 0.0648. The number of hydrogen-bond acceptors (Lipinski definition) is 3. The average Bonchev–Trinajstić information content (AvgIpc) is 2.87. The second kappa shape index (κ2) is 6.20. The second-order valence-corrected chi connectivity index (χ2v) is 5.89. The van der Waals surface area contributed by atoms with Gasteiger partial charge in [0.05, 0.1) is 29.3 Å². The zero-order valence-electron chi connectivity index (χ0n) is 11.2. The van der Waals surface area contributed by atoms with Gasteiger partial charge in [0, 0.05) is 5.56 Å². The van der Waals surface area contributed by atoms with Crippen molar-refractivity contribution >= 4 is 29.1 Å². The molecule has 110 valence electrons. The topological polar surface area (TPSA) is 58.6 Å². The van der Waals surface area contributed by atoms with Crippen molar-refractivity contribution in [3.63, 3.8) is 0 Å². The van der Waals surface area contributed by atoms with Crippen LogP contribution < -0.4 is 10.1 Å². The smallest absolute Gasteiger partial charge is 0.251 e. The number of aliphatic hydroxyl groups excluding tert-OH is 1. The number of rotatable bonds is 4. The van der Waals surface area contributed by atoms with Crippen LogP contribution in [0.25, 0.3) is 0 Å². The molecule has 1 aromatic rings. The van der Waals surface area contributed by atoms with Crippen LogP contribution in [0.15, 0.2) is 12.1 Å². The fourth-order valence-electron chi connectivity index (χ4n) is 2.57. The standard InChI is InChI=1S/C14H17Cl2NO3/c1-20-12-10(15)6-9(7-11(12)16)13(19)17-14(8-18)4-2-3-5-14/h6-7,18H,2-5,8H2,1H3,(H,17,19). The highest BCUT2D eigenvalue weighted by Gasteiger charge is 2.35. The molecule has 1 aliphatic rings. The Hall–Kier alpha value is -0.970. The number of methoxy groups -OCH3 is 1. The number of benzene rings is 1. The molecule has 0 bridgehead atoms. The average molecular weight is 318 g/mol. The molecule has 0 spiro atoms. The predicted molar refractivity (Wildman–Crippen MR) is 78.8 cm³/mol. The van der Waals surface area contributed by atoms with Crippen LogP contribution in [-0.2, 0) is 0 Å². The van der Waals surface area contributed by atoms with Gasteiger partial charge in [-0.3, -0.25) is 4.79 Å². The Kier molecular flexibility index (Phi) is 4.78. The lowest BCUT2D eigenvalue weighted by Crippen LogP contribution is -2.49. The maximum Gasteiger partial charge on any atom is 0.251 e. The van der Waals surface area contributed by atoms with Crippen LogP contribution in [0.1, 0.15) is 36.0 Å². The minimum absolute atomic E-state index is 0.0592. The fraction of sp³-hybridized carbons (Fsp3) is 0.500. The normalized spacial score (nSPS) is 17.0. The summed E-state index contributed by atoms with van der Waals surface area (Å²) in [7, 11) is 1.46. The van der Waals surface area contributed by atoms with Gasteiger partial charge in [-0.05, 0) is 25.0 Å². The molecule has 1 aliphatic carbocycles. The molecular weight excluding hydrogens is 301 g/mol. The van der Waals surface area contributed by atoms with Crippen molar-refractivity contribution in [2.45, 2.75) is 31.2 Å². The molecule has 0 atom stereocenters. The second-order valence-electron chi connectivity index (χ2n) is 5.07. The Bertz CT molecular complexity index is 490. The largest absolute Gasteiger partial charge is 0.494 e. The van der Waals surface area contributed by atoms with Gasteiger partial charge in [0.25, 0.3) is 5.91 Å². The van der Waals surface area contributed by atoms with E-state index in [0.29, 0.717) is 11.3 Å². The summed E-state index contributed by atoms with van der Waals surface area (Å²) in [5, 5.41) is 13.0. The molecule has 1 amide bonds. The molecule has 1 saturated carbocycles. The van der Waals surface area contributed by atoms with Crippen molar-refractivity contribution in [2.24, 2.45) is 0 Å². The van der Waals surface area contributed by atoms with Gasteiger partial charge in [0.2, 0.25) is 0 Å². The van der Waals surface area contributed by atoms with E-state index in [4.69, 9.17) is 27.9 Å². The van der Waals surface area contributed by atoms with Gasteiger partial charge < -0.3 is 15.2 Å². The van der Waals surface area contributed by atoms with Gasteiger partial charge in [-0.1, -0.05) is 36.0 Å². The molecule has 1 aromatic carbocycles. The first kappa shape index (κ1) is 15.4. The molecule has 0 radical (unpaired) electrons. The quantitative estimate of drug-likeness (QED) is 0.897. The molecule has 0 unspecified atom stereocenters. The van der Waals surface area contributed by atoms with Crippen LogP contribution >= 0.6 is 23.2 Å². The summed E-state index contributed by atoms with van der Waals surface area (Å²) >= 11 is 12.1. The molecule has 0 saturated heterocycles. The third kappa shape index (κ3) is 3.03. The molecule has 20 heavy (non-hydrogen) atoms. The van der Waals surface area contributed by atoms with Gasteiger partial charge in [0.1, 0.15) is 0 Å². The lowest BCUT2D eigenvalue weighted by atomic mass is 9.98. The van der Waals surface area contributed by atoms with Gasteiger partial charge in [0.15, 0.2) is 5.75 Å². The lowest BCUT2D eigenvalue weighted by molar-refractivity contribution is 0.0838. The highest BCUT2D eigenvalue weighted by molar-refractivity contribution is 6.37. The van der Waals surface area contributed by atoms with Crippen molar-refractivity contribution in [3.05, 3.63) is 27.7 Å². The minimum atomic E-state index is -0.518. The maximum absolute atomic E-state index is 12.3.